The number of isocyanates is 1. The summed E-state index contributed by atoms with van der Waals surface area (Å²) in [5.74, 6) is 0. The fraction of sp³-hybridized carbons (Fsp3) is 0.125. The molecule has 0 spiro atoms. The Morgan fingerprint density at radius 3 is 2.50 bits per heavy atom. The van der Waals surface area contributed by atoms with Crippen LogP contribution in [0.25, 0.3) is 0 Å². The summed E-state index contributed by atoms with van der Waals surface area (Å²) in [5.41, 5.74) is -3.11. The quantitative estimate of drug-likeness (QED) is 0.320. The molecule has 0 aromatic heterocycles. The minimum Gasteiger partial charge on any atom is -0.317 e. The van der Waals surface area contributed by atoms with E-state index in [1.165, 1.54) is 24.3 Å². The lowest BCUT2D eigenvalue weighted by atomic mass is 10.2. The van der Waals surface area contributed by atoms with Gasteiger partial charge in [0.25, 0.3) is 0 Å². The normalized spacial score (nSPS) is 15.3. The standard InChI is InChI=1S/C8H5NO7P2/c10-5-9-7-3-1-2-6(4-7)8(11,17(12)13)16-18(14)15/h1-4,11H/p+2. The number of nitrogens with zero attached hydrogens (tertiary/aromatic N) is 1. The molecule has 0 saturated carbocycles. The molecule has 1 rings (SSSR count). The molecule has 0 aliphatic rings. The van der Waals surface area contributed by atoms with Crippen molar-refractivity contribution < 1.29 is 33.3 Å². The van der Waals surface area contributed by atoms with E-state index < -0.39 is 21.8 Å². The molecular weight excluding hydrogens is 284 g/mol. The zero-order valence-corrected chi connectivity index (χ0v) is 10.4. The lowest BCUT2D eigenvalue weighted by Gasteiger charge is -2.08. The van der Waals surface area contributed by atoms with Crippen molar-refractivity contribution in [3.05, 3.63) is 29.8 Å². The van der Waals surface area contributed by atoms with Gasteiger partial charge in [0.05, 0.1) is 11.3 Å². The second-order valence-corrected chi connectivity index (χ2v) is 4.77. The fourth-order valence-corrected chi connectivity index (χ4v) is 2.31. The van der Waals surface area contributed by atoms with Gasteiger partial charge in [0, 0.05) is 4.57 Å². The molecule has 3 N–H and O–H groups in total. The highest BCUT2D eigenvalue weighted by molar-refractivity contribution is 7.40. The van der Waals surface area contributed by atoms with Crippen molar-refractivity contribution in [3.8, 4) is 0 Å². The third kappa shape index (κ3) is 3.32. The number of aliphatic imine (C=N–C) groups is 1. The molecule has 1 aromatic rings. The Kier molecular flexibility index (Phi) is 4.90. The minimum atomic E-state index is -3.38. The maximum Gasteiger partial charge on any atom is 0.702 e. The van der Waals surface area contributed by atoms with E-state index in [0.717, 1.165) is 6.07 Å². The highest BCUT2D eigenvalue weighted by Crippen LogP contribution is 2.48. The Morgan fingerprint density at radius 2 is 2.00 bits per heavy atom. The van der Waals surface area contributed by atoms with Gasteiger partial charge < -0.3 is 5.11 Å². The average molecular weight is 291 g/mol. The summed E-state index contributed by atoms with van der Waals surface area (Å²) >= 11 is 0. The molecule has 0 bridgehead atoms. The van der Waals surface area contributed by atoms with Crippen LogP contribution in [0.15, 0.2) is 29.3 Å². The molecule has 94 valence electrons. The van der Waals surface area contributed by atoms with Crippen molar-refractivity contribution >= 4 is 28.1 Å². The molecule has 0 heterocycles. The second kappa shape index (κ2) is 6.00. The average Bonchev–Trinajstić information content (AvgIpc) is 2.28. The molecule has 3 atom stereocenters. The molecule has 0 saturated heterocycles. The van der Waals surface area contributed by atoms with Gasteiger partial charge in [0.2, 0.25) is 6.08 Å². The molecule has 10 heteroatoms. The van der Waals surface area contributed by atoms with Gasteiger partial charge in [0.1, 0.15) is 0 Å². The van der Waals surface area contributed by atoms with Crippen molar-refractivity contribution in [1.29, 1.82) is 0 Å². The predicted molar refractivity (Wildman–Crippen MR) is 58.9 cm³/mol. The lowest BCUT2D eigenvalue weighted by Crippen LogP contribution is -2.22. The Bertz CT molecular complexity index is 542. The first kappa shape index (κ1) is 14.7. The first-order valence-electron chi connectivity index (χ1n) is 4.32. The molecule has 0 fully saturated rings. The van der Waals surface area contributed by atoms with E-state index >= 15 is 0 Å². The van der Waals surface area contributed by atoms with Crippen LogP contribution in [0.3, 0.4) is 0 Å². The van der Waals surface area contributed by atoms with E-state index in [1.807, 2.05) is 0 Å². The van der Waals surface area contributed by atoms with Gasteiger partial charge >= 0.3 is 21.8 Å². The minimum absolute atomic E-state index is 0.0366. The topological polar surface area (TPSA) is 133 Å². The van der Waals surface area contributed by atoms with Crippen molar-refractivity contribution in [2.75, 3.05) is 0 Å². The molecule has 0 radical (unpaired) electrons. The van der Waals surface area contributed by atoms with Crippen molar-refractivity contribution in [2.24, 2.45) is 4.99 Å². The fourth-order valence-electron chi connectivity index (χ4n) is 1.14. The lowest BCUT2D eigenvalue weighted by molar-refractivity contribution is -0.0741. The summed E-state index contributed by atoms with van der Waals surface area (Å²) in [7, 11) is -6.69. The van der Waals surface area contributed by atoms with Crippen LogP contribution in [-0.4, -0.2) is 21.0 Å². The zero-order valence-electron chi connectivity index (χ0n) is 8.63. The summed E-state index contributed by atoms with van der Waals surface area (Å²) in [6.45, 7) is 0. The first-order valence-corrected chi connectivity index (χ1v) is 6.66. The molecule has 0 aliphatic heterocycles. The van der Waals surface area contributed by atoms with E-state index in [0.29, 0.717) is 0 Å². The van der Waals surface area contributed by atoms with Crippen LogP contribution in [0.4, 0.5) is 5.69 Å². The van der Waals surface area contributed by atoms with Crippen LogP contribution in [0.5, 0.6) is 0 Å². The highest BCUT2D eigenvalue weighted by Gasteiger charge is 2.59. The highest BCUT2D eigenvalue weighted by atomic mass is 31.1. The molecule has 0 aliphatic carbocycles. The maximum atomic E-state index is 11.1. The smallest absolute Gasteiger partial charge is 0.317 e. The largest absolute Gasteiger partial charge is 0.702 e. The Hall–Kier alpha value is -1.36. The van der Waals surface area contributed by atoms with Gasteiger partial charge in [-0.15, -0.1) is 4.89 Å². The zero-order chi connectivity index (χ0) is 13.8. The summed E-state index contributed by atoms with van der Waals surface area (Å²) in [5, 5.41) is 9.78. The van der Waals surface area contributed by atoms with Crippen LogP contribution in [0.1, 0.15) is 5.56 Å². The van der Waals surface area contributed by atoms with Gasteiger partial charge in [0.15, 0.2) is 0 Å². The Labute approximate surface area is 102 Å². The van der Waals surface area contributed by atoms with Crippen LogP contribution in [-0.2, 0) is 24.0 Å². The van der Waals surface area contributed by atoms with Crippen molar-refractivity contribution in [2.45, 2.75) is 5.53 Å². The van der Waals surface area contributed by atoms with Crippen LogP contribution >= 0.6 is 16.3 Å². The number of carbonyl (C=O) groups excluding carboxylic acids is 1. The van der Waals surface area contributed by atoms with Crippen LogP contribution < -0.4 is 0 Å². The summed E-state index contributed by atoms with van der Waals surface area (Å²) in [4.78, 5) is 30.9. The number of rotatable bonds is 5. The Morgan fingerprint density at radius 1 is 1.33 bits per heavy atom. The van der Waals surface area contributed by atoms with E-state index in [4.69, 9.17) is 9.79 Å². The molecular formula is C8H7NO7P2+2. The number of aliphatic hydroxyl groups is 1. The monoisotopic (exact) mass is 291 g/mol. The molecule has 3 unspecified atom stereocenters. The van der Waals surface area contributed by atoms with Gasteiger partial charge in [-0.05, 0) is 27.3 Å². The molecule has 1 aromatic carbocycles. The first-order chi connectivity index (χ1) is 8.40. The van der Waals surface area contributed by atoms with Crippen LogP contribution in [0.2, 0.25) is 0 Å². The maximum absolute atomic E-state index is 11.1. The van der Waals surface area contributed by atoms with E-state index in [1.54, 1.807) is 0 Å². The second-order valence-electron chi connectivity index (χ2n) is 2.96. The molecule has 8 nitrogen and oxygen atoms in total. The molecule has 0 amide bonds. The van der Waals surface area contributed by atoms with Crippen molar-refractivity contribution in [3.63, 3.8) is 0 Å². The van der Waals surface area contributed by atoms with E-state index in [-0.39, 0.29) is 11.3 Å². The third-order valence-corrected chi connectivity index (χ3v) is 3.29. The summed E-state index contributed by atoms with van der Waals surface area (Å²) in [6.07, 6.45) is 1.24. The third-order valence-electron chi connectivity index (χ3n) is 1.86. The Balaban J connectivity index is 3.29. The number of hydrogen-bond donors (Lipinski definition) is 3. The van der Waals surface area contributed by atoms with Gasteiger partial charge in [-0.25, -0.2) is 4.79 Å². The SMILES string of the molecule is O=C=Nc1cccc(C(O)(O[P+](=O)O)[P+](=O)O)c1. The summed E-state index contributed by atoms with van der Waals surface area (Å²) < 4.78 is 25.8. The van der Waals surface area contributed by atoms with Gasteiger partial charge in [-0.2, -0.15) is 9.89 Å². The van der Waals surface area contributed by atoms with Gasteiger partial charge in [-0.3, -0.25) is 0 Å². The van der Waals surface area contributed by atoms with Gasteiger partial charge in [-0.1, -0.05) is 6.07 Å². The van der Waals surface area contributed by atoms with Crippen LogP contribution in [0, 0.1) is 0 Å². The van der Waals surface area contributed by atoms with Crippen molar-refractivity contribution in [1.82, 2.24) is 0 Å². The number of benzene rings is 1. The number of hydrogen-bond acceptors (Lipinski definition) is 6. The van der Waals surface area contributed by atoms with E-state index in [9.17, 15) is 19.0 Å². The molecule has 18 heavy (non-hydrogen) atoms. The summed E-state index contributed by atoms with van der Waals surface area (Å²) in [6, 6.07) is 4.89. The predicted octanol–water partition coefficient (Wildman–Crippen LogP) is 1.16. The van der Waals surface area contributed by atoms with E-state index in [2.05, 4.69) is 9.52 Å².